The van der Waals surface area contributed by atoms with Crippen molar-refractivity contribution < 1.29 is 23.1 Å². The minimum absolute atomic E-state index is 0.100. The number of carboxylic acid groups (broad SMARTS) is 1. The zero-order valence-corrected chi connectivity index (χ0v) is 25.4. The van der Waals surface area contributed by atoms with Crippen LogP contribution < -0.4 is 9.46 Å². The lowest BCUT2D eigenvalue weighted by Crippen LogP contribution is -2.48. The minimum atomic E-state index is -3.62. The molecule has 224 valence electrons. The van der Waals surface area contributed by atoms with E-state index in [0.717, 1.165) is 35.8 Å². The fourth-order valence-electron chi connectivity index (χ4n) is 6.00. The Morgan fingerprint density at radius 1 is 0.907 bits per heavy atom. The molecule has 0 aliphatic heterocycles. The Kier molecular flexibility index (Phi) is 9.18. The number of nitrogens with zero attached hydrogens (tertiary/aromatic N) is 1. The maximum absolute atomic E-state index is 12.3. The summed E-state index contributed by atoms with van der Waals surface area (Å²) in [4.78, 5) is 14.6. The molecule has 4 aromatic rings. The van der Waals surface area contributed by atoms with Gasteiger partial charge in [0.25, 0.3) is 0 Å². The van der Waals surface area contributed by atoms with Crippen molar-refractivity contribution in [3.05, 3.63) is 131 Å². The first-order valence-corrected chi connectivity index (χ1v) is 16.3. The molecule has 0 saturated heterocycles. The van der Waals surface area contributed by atoms with E-state index in [1.807, 2.05) is 54.6 Å². The summed E-state index contributed by atoms with van der Waals surface area (Å²) in [7, 11) is -3.62. The zero-order valence-electron chi connectivity index (χ0n) is 24.6. The average molecular weight is 599 g/mol. The van der Waals surface area contributed by atoms with Gasteiger partial charge in [-0.2, -0.15) is 0 Å². The Bertz CT molecular complexity index is 1630. The Labute approximate surface area is 254 Å². The zero-order chi connectivity index (χ0) is 30.5. The van der Waals surface area contributed by atoms with Gasteiger partial charge in [0.05, 0.1) is 18.4 Å². The lowest BCUT2D eigenvalue weighted by atomic mass is 9.89. The van der Waals surface area contributed by atoms with Gasteiger partial charge in [-0.05, 0) is 59.7 Å². The van der Waals surface area contributed by atoms with E-state index in [2.05, 4.69) is 52.9 Å². The summed E-state index contributed by atoms with van der Waals surface area (Å²) in [6.07, 6.45) is 2.72. The van der Waals surface area contributed by atoms with Crippen LogP contribution in [0.25, 0.3) is 0 Å². The van der Waals surface area contributed by atoms with Gasteiger partial charge >= 0.3 is 5.97 Å². The van der Waals surface area contributed by atoms with Gasteiger partial charge in [-0.3, -0.25) is 14.4 Å². The lowest BCUT2D eigenvalue weighted by molar-refractivity contribution is -0.137. The van der Waals surface area contributed by atoms with Crippen LogP contribution in [0.15, 0.2) is 103 Å². The summed E-state index contributed by atoms with van der Waals surface area (Å²) in [5, 5.41) is 9.99. The number of carboxylic acids is 1. The third-order valence-corrected chi connectivity index (χ3v) is 8.70. The number of aliphatic carboxylic acids is 1. The van der Waals surface area contributed by atoms with Crippen molar-refractivity contribution in [3.8, 4) is 5.75 Å². The van der Waals surface area contributed by atoms with Crippen LogP contribution in [0.2, 0.25) is 0 Å². The molecular weight excluding hydrogens is 560 g/mol. The van der Waals surface area contributed by atoms with Gasteiger partial charge in [-0.15, -0.1) is 0 Å². The van der Waals surface area contributed by atoms with Gasteiger partial charge in [0.1, 0.15) is 12.4 Å². The van der Waals surface area contributed by atoms with Crippen LogP contribution in [0.4, 0.5) is 5.69 Å². The van der Waals surface area contributed by atoms with E-state index in [4.69, 9.17) is 4.74 Å². The Hall–Kier alpha value is -4.14. The molecule has 43 heavy (non-hydrogen) atoms. The third-order valence-electron chi connectivity index (χ3n) is 8.11. The van der Waals surface area contributed by atoms with Crippen LogP contribution in [0.5, 0.6) is 5.75 Å². The standard InChI is InChI=1S/C35H38N2O5S/c1-35(21-29-15-9-10-16-30(29)22-35)37(23-26-11-5-3-6-12-26)24-31(20-34(38)39)28-17-18-33(32(19-28)36-43(2,40)41)42-25-27-13-7-4-8-14-27/h3-19,31,36H,20-25H2,1-2H3,(H,38,39)/t31-/m0/s1. The molecule has 0 radical (unpaired) electrons. The van der Waals surface area contributed by atoms with Crippen molar-refractivity contribution in [2.75, 3.05) is 17.5 Å². The number of anilines is 1. The predicted octanol–water partition coefficient (Wildman–Crippen LogP) is 6.26. The number of hydrogen-bond donors (Lipinski definition) is 2. The van der Waals surface area contributed by atoms with Crippen molar-refractivity contribution >= 4 is 21.7 Å². The monoisotopic (exact) mass is 598 g/mol. The SMILES string of the molecule is CC1(N(Cc2ccccc2)C[C@H](CC(=O)O)c2ccc(OCc3ccccc3)c(NS(C)(=O)=O)c2)Cc2ccccc2C1. The van der Waals surface area contributed by atoms with Gasteiger partial charge in [-0.25, -0.2) is 8.42 Å². The van der Waals surface area contributed by atoms with Gasteiger partial charge in [0, 0.05) is 24.5 Å². The van der Waals surface area contributed by atoms with Gasteiger partial charge < -0.3 is 9.84 Å². The quantitative estimate of drug-likeness (QED) is 0.189. The van der Waals surface area contributed by atoms with E-state index in [1.54, 1.807) is 12.1 Å². The van der Waals surface area contributed by atoms with Crippen molar-refractivity contribution in [1.29, 1.82) is 0 Å². The van der Waals surface area contributed by atoms with Crippen LogP contribution in [-0.4, -0.2) is 42.7 Å². The summed E-state index contributed by atoms with van der Waals surface area (Å²) in [5.41, 5.74) is 5.54. The van der Waals surface area contributed by atoms with Crippen molar-refractivity contribution in [3.63, 3.8) is 0 Å². The lowest BCUT2D eigenvalue weighted by Gasteiger charge is -2.41. The first kappa shape index (κ1) is 30.3. The van der Waals surface area contributed by atoms with E-state index in [0.29, 0.717) is 24.5 Å². The molecule has 0 bridgehead atoms. The fraction of sp³-hybridized carbons (Fsp3) is 0.286. The summed E-state index contributed by atoms with van der Waals surface area (Å²) < 4.78 is 33.3. The topological polar surface area (TPSA) is 95.9 Å². The number of carbonyl (C=O) groups is 1. The normalized spacial score (nSPS) is 14.7. The molecule has 0 amide bonds. The number of sulfonamides is 1. The molecule has 1 aliphatic rings. The predicted molar refractivity (Wildman–Crippen MR) is 170 cm³/mol. The molecule has 0 fully saturated rings. The van der Waals surface area contributed by atoms with E-state index >= 15 is 0 Å². The number of nitrogens with one attached hydrogen (secondary N) is 1. The summed E-state index contributed by atoms with van der Waals surface area (Å²) in [6, 6.07) is 33.6. The second-order valence-electron chi connectivity index (χ2n) is 11.7. The van der Waals surface area contributed by atoms with Gasteiger partial charge in [0.15, 0.2) is 0 Å². The molecule has 0 saturated carbocycles. The van der Waals surface area contributed by atoms with Gasteiger partial charge in [0.2, 0.25) is 10.0 Å². The highest BCUT2D eigenvalue weighted by molar-refractivity contribution is 7.92. The molecule has 4 aromatic carbocycles. The first-order chi connectivity index (χ1) is 20.6. The summed E-state index contributed by atoms with van der Waals surface area (Å²) in [6.45, 7) is 3.66. The average Bonchev–Trinajstić information content (AvgIpc) is 3.33. The molecule has 0 unspecified atom stereocenters. The Morgan fingerprint density at radius 2 is 1.49 bits per heavy atom. The molecule has 1 aliphatic carbocycles. The summed E-state index contributed by atoms with van der Waals surface area (Å²) >= 11 is 0. The highest BCUT2D eigenvalue weighted by Crippen LogP contribution is 2.38. The number of rotatable bonds is 13. The molecule has 2 N–H and O–H groups in total. The van der Waals surface area contributed by atoms with E-state index in [-0.39, 0.29) is 18.6 Å². The van der Waals surface area contributed by atoms with Crippen LogP contribution in [0.3, 0.4) is 0 Å². The minimum Gasteiger partial charge on any atom is -0.487 e. The molecule has 0 heterocycles. The highest BCUT2D eigenvalue weighted by Gasteiger charge is 2.39. The number of benzene rings is 4. The molecule has 7 nitrogen and oxygen atoms in total. The molecule has 0 aromatic heterocycles. The maximum Gasteiger partial charge on any atom is 0.304 e. The molecule has 8 heteroatoms. The van der Waals surface area contributed by atoms with Crippen LogP contribution >= 0.6 is 0 Å². The first-order valence-electron chi connectivity index (χ1n) is 14.4. The van der Waals surface area contributed by atoms with Crippen LogP contribution in [0.1, 0.15) is 47.1 Å². The number of fused-ring (bicyclic) bond motifs is 1. The van der Waals surface area contributed by atoms with E-state index < -0.39 is 21.9 Å². The molecule has 1 atom stereocenters. The van der Waals surface area contributed by atoms with E-state index in [1.165, 1.54) is 11.1 Å². The second kappa shape index (κ2) is 13.0. The summed E-state index contributed by atoms with van der Waals surface area (Å²) in [5.74, 6) is -0.928. The highest BCUT2D eigenvalue weighted by atomic mass is 32.2. The second-order valence-corrected chi connectivity index (χ2v) is 13.4. The Balaban J connectivity index is 1.48. The molecular formula is C35H38N2O5S. The molecule has 0 spiro atoms. The van der Waals surface area contributed by atoms with Crippen molar-refractivity contribution in [2.24, 2.45) is 0 Å². The van der Waals surface area contributed by atoms with E-state index in [9.17, 15) is 18.3 Å². The maximum atomic E-state index is 12.3. The third kappa shape index (κ3) is 8.03. The van der Waals surface area contributed by atoms with Crippen molar-refractivity contribution in [1.82, 2.24) is 4.90 Å². The van der Waals surface area contributed by atoms with Crippen LogP contribution in [0, 0.1) is 0 Å². The Morgan fingerprint density at radius 3 is 2.07 bits per heavy atom. The number of hydrogen-bond acceptors (Lipinski definition) is 5. The largest absolute Gasteiger partial charge is 0.487 e. The van der Waals surface area contributed by atoms with Crippen molar-refractivity contribution in [2.45, 2.75) is 50.8 Å². The molecule has 5 rings (SSSR count). The number of ether oxygens (including phenoxy) is 1. The smallest absolute Gasteiger partial charge is 0.304 e. The van der Waals surface area contributed by atoms with Crippen LogP contribution in [-0.2, 0) is 40.8 Å². The fourth-order valence-corrected chi connectivity index (χ4v) is 6.55. The van der Waals surface area contributed by atoms with Gasteiger partial charge in [-0.1, -0.05) is 91.0 Å².